The van der Waals surface area contributed by atoms with E-state index >= 15 is 0 Å². The second kappa shape index (κ2) is 8.96. The van der Waals surface area contributed by atoms with E-state index in [-0.39, 0.29) is 29.9 Å². The van der Waals surface area contributed by atoms with Gasteiger partial charge in [-0.05, 0) is 36.5 Å². The number of carbonyl (C=O) groups excluding carboxylic acids is 2. The summed E-state index contributed by atoms with van der Waals surface area (Å²) in [5, 5.41) is 3.84. The minimum absolute atomic E-state index is 0.0115. The minimum Gasteiger partial charge on any atom is -0.482 e. The van der Waals surface area contributed by atoms with Crippen molar-refractivity contribution in [2.75, 3.05) is 19.7 Å². The van der Waals surface area contributed by atoms with Gasteiger partial charge in [0.15, 0.2) is 6.61 Å². The van der Waals surface area contributed by atoms with Gasteiger partial charge in [-0.2, -0.15) is 0 Å². The van der Waals surface area contributed by atoms with Crippen LogP contribution in [0.4, 0.5) is 0 Å². The van der Waals surface area contributed by atoms with Crippen LogP contribution in [0, 0.1) is 5.41 Å². The number of nitrogens with zero attached hydrogens (tertiary/aromatic N) is 1. The van der Waals surface area contributed by atoms with Gasteiger partial charge in [0.2, 0.25) is 5.91 Å². The Labute approximate surface area is 165 Å². The molecule has 0 atom stereocenters. The third-order valence-corrected chi connectivity index (χ3v) is 4.68. The van der Waals surface area contributed by atoms with Gasteiger partial charge < -0.3 is 15.0 Å². The number of rotatable bonds is 5. The van der Waals surface area contributed by atoms with Crippen LogP contribution in [0.3, 0.4) is 0 Å². The van der Waals surface area contributed by atoms with Gasteiger partial charge in [0, 0.05) is 30.6 Å². The van der Waals surface area contributed by atoms with Crippen molar-refractivity contribution >= 4 is 35.0 Å². The molecule has 1 aliphatic rings. The number of nitrogens with one attached hydrogen (secondary N) is 1. The average molecular weight is 401 g/mol. The highest BCUT2D eigenvalue weighted by atomic mass is 35.5. The molecular weight excluding hydrogens is 375 g/mol. The highest BCUT2D eigenvalue weighted by Gasteiger charge is 2.26. The van der Waals surface area contributed by atoms with Gasteiger partial charge in [-0.15, -0.1) is 0 Å². The smallest absolute Gasteiger partial charge is 0.258 e. The molecule has 0 aromatic heterocycles. The molecule has 7 heteroatoms. The van der Waals surface area contributed by atoms with Crippen LogP contribution < -0.4 is 10.1 Å². The van der Waals surface area contributed by atoms with Gasteiger partial charge in [0.05, 0.1) is 5.02 Å². The second-order valence-electron chi connectivity index (χ2n) is 7.82. The summed E-state index contributed by atoms with van der Waals surface area (Å²) in [5.41, 5.74) is -0.0115. The Balaban J connectivity index is 1.73. The average Bonchev–Trinajstić information content (AvgIpc) is 2.53. The summed E-state index contributed by atoms with van der Waals surface area (Å²) in [6, 6.07) is 4.92. The summed E-state index contributed by atoms with van der Waals surface area (Å²) in [6.45, 7) is 7.42. The van der Waals surface area contributed by atoms with Crippen molar-refractivity contribution in [1.82, 2.24) is 10.2 Å². The normalized spacial score (nSPS) is 15.7. The lowest BCUT2D eigenvalue weighted by molar-refractivity contribution is -0.134. The van der Waals surface area contributed by atoms with E-state index in [0.717, 1.165) is 12.8 Å². The van der Waals surface area contributed by atoms with E-state index in [1.54, 1.807) is 18.2 Å². The fourth-order valence-electron chi connectivity index (χ4n) is 2.84. The van der Waals surface area contributed by atoms with Gasteiger partial charge in [0.25, 0.3) is 5.91 Å². The standard InChI is InChI=1S/C19H26Cl2N2O3/c1-19(2,3)11-18(25)23-8-6-14(7-9-23)22-17(24)12-26-16-5-4-13(20)10-15(16)21/h4-5,10,14H,6-9,11-12H2,1-3H3,(H,22,24). The van der Waals surface area contributed by atoms with E-state index in [1.165, 1.54) is 0 Å². The quantitative estimate of drug-likeness (QED) is 0.814. The van der Waals surface area contributed by atoms with Crippen LogP contribution in [0.25, 0.3) is 0 Å². The van der Waals surface area contributed by atoms with Gasteiger partial charge in [0.1, 0.15) is 5.75 Å². The predicted octanol–water partition coefficient (Wildman–Crippen LogP) is 3.92. The van der Waals surface area contributed by atoms with E-state index in [4.69, 9.17) is 27.9 Å². The van der Waals surface area contributed by atoms with E-state index in [2.05, 4.69) is 26.1 Å². The lowest BCUT2D eigenvalue weighted by Crippen LogP contribution is -2.48. The largest absolute Gasteiger partial charge is 0.482 e. The number of benzene rings is 1. The van der Waals surface area contributed by atoms with Gasteiger partial charge in [-0.1, -0.05) is 44.0 Å². The highest BCUT2D eigenvalue weighted by molar-refractivity contribution is 6.35. The van der Waals surface area contributed by atoms with Crippen molar-refractivity contribution < 1.29 is 14.3 Å². The second-order valence-corrected chi connectivity index (χ2v) is 8.67. The number of piperidine rings is 1. The molecule has 1 N–H and O–H groups in total. The summed E-state index contributed by atoms with van der Waals surface area (Å²) in [6.07, 6.45) is 2.05. The van der Waals surface area contributed by atoms with Gasteiger partial charge in [-0.25, -0.2) is 0 Å². The maximum absolute atomic E-state index is 12.3. The Bertz CT molecular complexity index is 651. The van der Waals surface area contributed by atoms with Crippen LogP contribution in [-0.2, 0) is 9.59 Å². The molecule has 2 rings (SSSR count). The number of halogens is 2. The zero-order valence-electron chi connectivity index (χ0n) is 15.5. The van der Waals surface area contributed by atoms with E-state index in [1.807, 2.05) is 4.90 Å². The Hall–Kier alpha value is -1.46. The molecule has 26 heavy (non-hydrogen) atoms. The molecule has 0 radical (unpaired) electrons. The molecule has 5 nitrogen and oxygen atoms in total. The van der Waals surface area contributed by atoms with Crippen LogP contribution in [-0.4, -0.2) is 42.5 Å². The first-order chi connectivity index (χ1) is 12.1. The fraction of sp³-hybridized carbons (Fsp3) is 0.579. The maximum Gasteiger partial charge on any atom is 0.258 e. The minimum atomic E-state index is -0.199. The summed E-state index contributed by atoms with van der Waals surface area (Å²) in [5.74, 6) is 0.410. The molecule has 1 fully saturated rings. The molecule has 0 unspecified atom stereocenters. The number of ether oxygens (including phenoxy) is 1. The maximum atomic E-state index is 12.3. The third-order valence-electron chi connectivity index (χ3n) is 4.15. The molecule has 1 aromatic carbocycles. The SMILES string of the molecule is CC(C)(C)CC(=O)N1CCC(NC(=O)COc2ccc(Cl)cc2Cl)CC1. The van der Waals surface area contributed by atoms with E-state index < -0.39 is 0 Å². The first kappa shape index (κ1) is 20.8. The summed E-state index contributed by atoms with van der Waals surface area (Å²) in [4.78, 5) is 26.2. The molecule has 144 valence electrons. The molecule has 0 bridgehead atoms. The third kappa shape index (κ3) is 6.69. The fourth-order valence-corrected chi connectivity index (χ4v) is 3.31. The van der Waals surface area contributed by atoms with Crippen LogP contribution >= 0.6 is 23.2 Å². The van der Waals surface area contributed by atoms with Crippen molar-refractivity contribution in [3.05, 3.63) is 28.2 Å². The summed E-state index contributed by atoms with van der Waals surface area (Å²) in [7, 11) is 0. The lowest BCUT2D eigenvalue weighted by atomic mass is 9.91. The van der Waals surface area contributed by atoms with Crippen LogP contribution in [0.5, 0.6) is 5.75 Å². The molecule has 0 spiro atoms. The predicted molar refractivity (Wildman–Crippen MR) is 104 cm³/mol. The van der Waals surface area contributed by atoms with Gasteiger partial charge >= 0.3 is 0 Å². The van der Waals surface area contributed by atoms with Crippen LogP contribution in [0.1, 0.15) is 40.0 Å². The molecule has 1 aliphatic heterocycles. The van der Waals surface area contributed by atoms with Crippen molar-refractivity contribution in [3.8, 4) is 5.75 Å². The molecule has 0 aliphatic carbocycles. The number of hydrogen-bond acceptors (Lipinski definition) is 3. The molecular formula is C19H26Cl2N2O3. The number of carbonyl (C=O) groups is 2. The molecule has 0 saturated carbocycles. The lowest BCUT2D eigenvalue weighted by Gasteiger charge is -2.34. The van der Waals surface area contributed by atoms with Crippen molar-refractivity contribution in [3.63, 3.8) is 0 Å². The monoisotopic (exact) mass is 400 g/mol. The van der Waals surface area contributed by atoms with E-state index in [0.29, 0.717) is 35.3 Å². The zero-order valence-corrected chi connectivity index (χ0v) is 17.0. The van der Waals surface area contributed by atoms with Crippen molar-refractivity contribution in [2.45, 2.75) is 46.1 Å². The van der Waals surface area contributed by atoms with Crippen LogP contribution in [0.2, 0.25) is 10.0 Å². The first-order valence-corrected chi connectivity index (χ1v) is 9.54. The number of amides is 2. The Morgan fingerprint density at radius 2 is 1.88 bits per heavy atom. The van der Waals surface area contributed by atoms with Crippen LogP contribution in [0.15, 0.2) is 18.2 Å². The number of likely N-dealkylation sites (tertiary alicyclic amines) is 1. The topological polar surface area (TPSA) is 58.6 Å². The molecule has 1 aromatic rings. The first-order valence-electron chi connectivity index (χ1n) is 8.79. The highest BCUT2D eigenvalue weighted by Crippen LogP contribution is 2.27. The Morgan fingerprint density at radius 3 is 2.46 bits per heavy atom. The Morgan fingerprint density at radius 1 is 1.23 bits per heavy atom. The number of hydrogen-bond donors (Lipinski definition) is 1. The molecule has 2 amide bonds. The molecule has 1 heterocycles. The van der Waals surface area contributed by atoms with Crippen molar-refractivity contribution in [2.24, 2.45) is 5.41 Å². The van der Waals surface area contributed by atoms with Crippen molar-refractivity contribution in [1.29, 1.82) is 0 Å². The summed E-state index contributed by atoms with van der Waals surface area (Å²) < 4.78 is 5.44. The Kier molecular flexibility index (Phi) is 7.18. The molecule has 1 saturated heterocycles. The van der Waals surface area contributed by atoms with Gasteiger partial charge in [-0.3, -0.25) is 9.59 Å². The van der Waals surface area contributed by atoms with E-state index in [9.17, 15) is 9.59 Å². The zero-order chi connectivity index (χ0) is 19.3. The summed E-state index contributed by atoms with van der Waals surface area (Å²) >= 11 is 11.8.